The minimum Gasteiger partial charge on any atom is -0.456 e. The molecule has 0 aliphatic heterocycles. The molecule has 0 N–H and O–H groups in total. The highest BCUT2D eigenvalue weighted by Gasteiger charge is 2.09. The number of rotatable bonds is 4. The van der Waals surface area contributed by atoms with E-state index in [0.29, 0.717) is 0 Å². The Morgan fingerprint density at radius 1 is 1.06 bits per heavy atom. The van der Waals surface area contributed by atoms with Gasteiger partial charge in [0.25, 0.3) is 0 Å². The van der Waals surface area contributed by atoms with Gasteiger partial charge in [-0.25, -0.2) is 0 Å². The predicted molar refractivity (Wildman–Crippen MR) is 77.8 cm³/mol. The van der Waals surface area contributed by atoms with Crippen LogP contribution in [-0.2, 0) is 0 Å². The van der Waals surface area contributed by atoms with Gasteiger partial charge in [0, 0.05) is 11.1 Å². The highest BCUT2D eigenvalue weighted by atomic mass is 16.5. The molecular weight excluding hydrogens is 220 g/mol. The van der Waals surface area contributed by atoms with Gasteiger partial charge in [0.1, 0.15) is 11.5 Å². The van der Waals surface area contributed by atoms with Crippen LogP contribution >= 0.6 is 0 Å². The molecule has 2 aromatic carbocycles. The second-order valence-corrected chi connectivity index (χ2v) is 4.12. The third-order valence-electron chi connectivity index (χ3n) is 2.69. The molecule has 0 atom stereocenters. The molecular formula is C17H16O. The molecule has 0 aliphatic carbocycles. The van der Waals surface area contributed by atoms with E-state index in [2.05, 4.69) is 13.2 Å². The van der Waals surface area contributed by atoms with Crippen LogP contribution in [0.2, 0.25) is 0 Å². The van der Waals surface area contributed by atoms with Crippen molar-refractivity contribution in [3.8, 4) is 11.5 Å². The summed E-state index contributed by atoms with van der Waals surface area (Å²) < 4.78 is 5.96. The van der Waals surface area contributed by atoms with Crippen LogP contribution < -0.4 is 4.74 Å². The van der Waals surface area contributed by atoms with E-state index in [1.54, 1.807) is 6.08 Å². The van der Waals surface area contributed by atoms with Crippen molar-refractivity contribution < 1.29 is 4.74 Å². The van der Waals surface area contributed by atoms with E-state index in [-0.39, 0.29) is 0 Å². The molecule has 1 nitrogen and oxygen atoms in total. The zero-order valence-electron chi connectivity index (χ0n) is 10.5. The molecule has 0 radical (unpaired) electrons. The predicted octanol–water partition coefficient (Wildman–Crippen LogP) is 5.16. The monoisotopic (exact) mass is 236 g/mol. The lowest BCUT2D eigenvalue weighted by Crippen LogP contribution is -1.92. The Morgan fingerprint density at radius 3 is 2.39 bits per heavy atom. The fourth-order valence-electron chi connectivity index (χ4n) is 1.77. The summed E-state index contributed by atoms with van der Waals surface area (Å²) in [6, 6.07) is 15.7. The zero-order chi connectivity index (χ0) is 13.0. The minimum atomic E-state index is 0.811. The van der Waals surface area contributed by atoms with Crippen LogP contribution in [0, 0.1) is 0 Å². The molecule has 0 heterocycles. The highest BCUT2D eigenvalue weighted by Crippen LogP contribution is 2.33. The zero-order valence-corrected chi connectivity index (χ0v) is 10.5. The molecule has 0 saturated heterocycles. The molecule has 2 aromatic rings. The van der Waals surface area contributed by atoms with Crippen molar-refractivity contribution in [3.63, 3.8) is 0 Å². The smallest absolute Gasteiger partial charge is 0.142 e. The van der Waals surface area contributed by atoms with Crippen LogP contribution in [0.25, 0.3) is 11.6 Å². The van der Waals surface area contributed by atoms with Crippen molar-refractivity contribution in [1.82, 2.24) is 0 Å². The van der Waals surface area contributed by atoms with E-state index < -0.39 is 0 Å². The summed E-state index contributed by atoms with van der Waals surface area (Å²) in [6.45, 7) is 9.79. The second kappa shape index (κ2) is 5.37. The Balaban J connectivity index is 2.48. The maximum atomic E-state index is 5.96. The van der Waals surface area contributed by atoms with Gasteiger partial charge in [-0.1, -0.05) is 55.6 Å². The van der Waals surface area contributed by atoms with Crippen LogP contribution in [0.3, 0.4) is 0 Å². The van der Waals surface area contributed by atoms with Gasteiger partial charge < -0.3 is 4.74 Å². The Labute approximate surface area is 108 Å². The first-order chi connectivity index (χ1) is 8.72. The number of allylic oxidation sites excluding steroid dienone is 1. The number of hydrogen-bond acceptors (Lipinski definition) is 1. The summed E-state index contributed by atoms with van der Waals surface area (Å²) in [5.41, 5.74) is 2.96. The molecule has 0 bridgehead atoms. The second-order valence-electron chi connectivity index (χ2n) is 4.12. The number of benzene rings is 2. The lowest BCUT2D eigenvalue weighted by molar-refractivity contribution is 0.480. The SMILES string of the molecule is C=Cc1cccc(C(=C)C)c1Oc1ccccc1. The summed E-state index contributed by atoms with van der Waals surface area (Å²) in [5.74, 6) is 1.63. The van der Waals surface area contributed by atoms with Gasteiger partial charge in [0.2, 0.25) is 0 Å². The molecule has 1 heteroatoms. The molecule has 90 valence electrons. The molecule has 0 saturated carbocycles. The van der Waals surface area contributed by atoms with Crippen LogP contribution in [0.4, 0.5) is 0 Å². The van der Waals surface area contributed by atoms with Gasteiger partial charge in [0.05, 0.1) is 0 Å². The van der Waals surface area contributed by atoms with E-state index in [0.717, 1.165) is 28.2 Å². The van der Waals surface area contributed by atoms with Gasteiger partial charge in [-0.3, -0.25) is 0 Å². The van der Waals surface area contributed by atoms with Gasteiger partial charge in [-0.15, -0.1) is 0 Å². The van der Waals surface area contributed by atoms with E-state index in [9.17, 15) is 0 Å². The maximum Gasteiger partial charge on any atom is 0.142 e. The van der Waals surface area contributed by atoms with Gasteiger partial charge in [0.15, 0.2) is 0 Å². The third-order valence-corrected chi connectivity index (χ3v) is 2.69. The van der Waals surface area contributed by atoms with Gasteiger partial charge >= 0.3 is 0 Å². The number of ether oxygens (including phenoxy) is 1. The largest absolute Gasteiger partial charge is 0.456 e. The molecule has 0 unspecified atom stereocenters. The van der Waals surface area contributed by atoms with Crippen LogP contribution in [0.5, 0.6) is 11.5 Å². The van der Waals surface area contributed by atoms with E-state index in [1.807, 2.05) is 55.5 Å². The summed E-state index contributed by atoms with van der Waals surface area (Å²) in [6.07, 6.45) is 1.80. The lowest BCUT2D eigenvalue weighted by atomic mass is 10.0. The third kappa shape index (κ3) is 2.51. The van der Waals surface area contributed by atoms with Crippen molar-refractivity contribution in [2.45, 2.75) is 6.92 Å². The first-order valence-electron chi connectivity index (χ1n) is 5.86. The molecule has 0 amide bonds. The fourth-order valence-corrected chi connectivity index (χ4v) is 1.77. The van der Waals surface area contributed by atoms with Crippen molar-refractivity contribution in [2.75, 3.05) is 0 Å². The standard InChI is InChI=1S/C17H16O/c1-4-14-9-8-12-16(13(2)3)17(14)18-15-10-6-5-7-11-15/h4-12H,1-2H2,3H3. The minimum absolute atomic E-state index is 0.811. The summed E-state index contributed by atoms with van der Waals surface area (Å²) in [7, 11) is 0. The Bertz CT molecular complexity index is 567. The fraction of sp³-hybridized carbons (Fsp3) is 0.0588. The Hall–Kier alpha value is -2.28. The van der Waals surface area contributed by atoms with Crippen LogP contribution in [0.15, 0.2) is 61.7 Å². The van der Waals surface area contributed by atoms with Crippen molar-refractivity contribution in [3.05, 3.63) is 72.8 Å². The average Bonchev–Trinajstić information content (AvgIpc) is 2.40. The quantitative estimate of drug-likeness (QED) is 0.712. The van der Waals surface area contributed by atoms with Crippen molar-refractivity contribution >= 4 is 11.6 Å². The average molecular weight is 236 g/mol. The normalized spacial score (nSPS) is 9.83. The molecule has 0 aromatic heterocycles. The molecule has 0 fully saturated rings. The Morgan fingerprint density at radius 2 is 1.78 bits per heavy atom. The van der Waals surface area contributed by atoms with Crippen LogP contribution in [-0.4, -0.2) is 0 Å². The molecule has 18 heavy (non-hydrogen) atoms. The summed E-state index contributed by atoms with van der Waals surface area (Å²) >= 11 is 0. The van der Waals surface area contributed by atoms with E-state index in [4.69, 9.17) is 4.74 Å². The van der Waals surface area contributed by atoms with Gasteiger partial charge in [-0.2, -0.15) is 0 Å². The molecule has 2 rings (SSSR count). The number of hydrogen-bond donors (Lipinski definition) is 0. The first-order valence-corrected chi connectivity index (χ1v) is 5.86. The summed E-state index contributed by atoms with van der Waals surface area (Å²) in [4.78, 5) is 0. The van der Waals surface area contributed by atoms with Crippen molar-refractivity contribution in [2.24, 2.45) is 0 Å². The van der Waals surface area contributed by atoms with Crippen LogP contribution in [0.1, 0.15) is 18.1 Å². The molecule has 0 spiro atoms. The lowest BCUT2D eigenvalue weighted by Gasteiger charge is -2.14. The number of para-hydroxylation sites is 2. The topological polar surface area (TPSA) is 9.23 Å². The van der Waals surface area contributed by atoms with E-state index >= 15 is 0 Å². The van der Waals surface area contributed by atoms with Gasteiger partial charge in [-0.05, 0) is 24.6 Å². The maximum absolute atomic E-state index is 5.96. The highest BCUT2D eigenvalue weighted by molar-refractivity contribution is 5.73. The van der Waals surface area contributed by atoms with Crippen molar-refractivity contribution in [1.29, 1.82) is 0 Å². The molecule has 0 aliphatic rings. The van der Waals surface area contributed by atoms with E-state index in [1.165, 1.54) is 0 Å². The summed E-state index contributed by atoms with van der Waals surface area (Å²) in [5, 5.41) is 0. The first kappa shape index (κ1) is 12.2. The Kier molecular flexibility index (Phi) is 3.63.